The van der Waals surface area contributed by atoms with Gasteiger partial charge in [-0.05, 0) is 24.1 Å². The summed E-state index contributed by atoms with van der Waals surface area (Å²) in [4.78, 5) is 10.7. The van der Waals surface area contributed by atoms with E-state index < -0.39 is 15.8 Å². The van der Waals surface area contributed by atoms with Crippen LogP contribution in [0.3, 0.4) is 0 Å². The van der Waals surface area contributed by atoms with Gasteiger partial charge in [0.1, 0.15) is 0 Å². The fourth-order valence-corrected chi connectivity index (χ4v) is 2.58. The molecule has 1 aromatic rings. The number of sulfone groups is 1. The zero-order valence-corrected chi connectivity index (χ0v) is 15.0. The molecule has 0 aliphatic rings. The lowest BCUT2D eigenvalue weighted by Gasteiger charge is -2.03. The van der Waals surface area contributed by atoms with E-state index in [1.165, 1.54) is 24.3 Å². The summed E-state index contributed by atoms with van der Waals surface area (Å²) >= 11 is 0. The maximum absolute atomic E-state index is 11.9. The predicted molar refractivity (Wildman–Crippen MR) is 92.0 cm³/mol. The van der Waals surface area contributed by atoms with Gasteiger partial charge in [-0.25, -0.2) is 8.42 Å². The summed E-state index contributed by atoms with van der Waals surface area (Å²) in [7, 11) is -3.31. The SMILES string of the molecule is CC.CC.CC/C=C/CS(=O)(=O)c1ccc(CC(=O)O)cc1. The number of aliphatic carboxylic acids is 1. The van der Waals surface area contributed by atoms with Crippen LogP contribution in [0.4, 0.5) is 0 Å². The molecule has 0 bridgehead atoms. The molecule has 1 N–H and O–H groups in total. The Morgan fingerprint density at radius 2 is 1.55 bits per heavy atom. The molecular formula is C17H28O4S. The van der Waals surface area contributed by atoms with Gasteiger partial charge >= 0.3 is 5.97 Å². The number of allylic oxidation sites excluding steroid dienone is 1. The highest BCUT2D eigenvalue weighted by atomic mass is 32.2. The van der Waals surface area contributed by atoms with Crippen molar-refractivity contribution in [2.45, 2.75) is 52.4 Å². The highest BCUT2D eigenvalue weighted by molar-refractivity contribution is 7.91. The Morgan fingerprint density at radius 1 is 1.05 bits per heavy atom. The van der Waals surface area contributed by atoms with Crippen LogP contribution in [0.15, 0.2) is 41.3 Å². The van der Waals surface area contributed by atoms with E-state index >= 15 is 0 Å². The van der Waals surface area contributed by atoms with Crippen LogP contribution in [0.2, 0.25) is 0 Å². The number of carbonyl (C=O) groups is 1. The first-order chi connectivity index (χ1) is 10.5. The van der Waals surface area contributed by atoms with Gasteiger partial charge in [-0.1, -0.05) is 58.9 Å². The van der Waals surface area contributed by atoms with Crippen molar-refractivity contribution in [1.29, 1.82) is 0 Å². The van der Waals surface area contributed by atoms with E-state index in [1.807, 2.05) is 34.6 Å². The molecule has 126 valence electrons. The zero-order valence-electron chi connectivity index (χ0n) is 14.2. The lowest BCUT2D eigenvalue weighted by molar-refractivity contribution is -0.136. The van der Waals surface area contributed by atoms with E-state index in [1.54, 1.807) is 12.2 Å². The second kappa shape index (κ2) is 13.1. The fraction of sp³-hybridized carbons (Fsp3) is 0.471. The molecule has 0 amide bonds. The first kappa shape index (κ1) is 22.7. The van der Waals surface area contributed by atoms with Crippen LogP contribution in [0.25, 0.3) is 0 Å². The molecule has 1 aromatic carbocycles. The molecular weight excluding hydrogens is 300 g/mol. The summed E-state index contributed by atoms with van der Waals surface area (Å²) in [6, 6.07) is 5.97. The van der Waals surface area contributed by atoms with E-state index in [0.29, 0.717) is 5.56 Å². The molecule has 0 spiro atoms. The van der Waals surface area contributed by atoms with Crippen LogP contribution in [-0.2, 0) is 21.1 Å². The van der Waals surface area contributed by atoms with E-state index in [9.17, 15) is 13.2 Å². The lowest BCUT2D eigenvalue weighted by atomic mass is 10.2. The molecule has 0 heterocycles. The Hall–Kier alpha value is -1.62. The van der Waals surface area contributed by atoms with Crippen LogP contribution < -0.4 is 0 Å². The van der Waals surface area contributed by atoms with E-state index in [4.69, 9.17) is 5.11 Å². The maximum atomic E-state index is 11.9. The highest BCUT2D eigenvalue weighted by Gasteiger charge is 2.12. The normalized spacial score (nSPS) is 10.2. The Kier molecular flexibility index (Phi) is 13.5. The minimum atomic E-state index is -3.31. The predicted octanol–water partition coefficient (Wildman–Crippen LogP) is 4.11. The van der Waals surface area contributed by atoms with Crippen molar-refractivity contribution in [1.82, 2.24) is 0 Å². The quantitative estimate of drug-likeness (QED) is 0.798. The van der Waals surface area contributed by atoms with Gasteiger partial charge in [-0.3, -0.25) is 4.79 Å². The molecule has 0 aliphatic carbocycles. The summed E-state index contributed by atoms with van der Waals surface area (Å²) < 4.78 is 23.7. The smallest absolute Gasteiger partial charge is 0.307 e. The number of hydrogen-bond donors (Lipinski definition) is 1. The zero-order chi connectivity index (χ0) is 17.6. The molecule has 0 atom stereocenters. The molecule has 0 saturated carbocycles. The van der Waals surface area contributed by atoms with E-state index in [-0.39, 0.29) is 17.1 Å². The number of carboxylic acids is 1. The van der Waals surface area contributed by atoms with Crippen molar-refractivity contribution in [2.75, 3.05) is 5.75 Å². The standard InChI is InChI=1S/C13H16O4S.2C2H6/c1-2-3-4-9-18(16,17)12-7-5-11(6-8-12)10-13(14)15;2*1-2/h3-8H,2,9-10H2,1H3,(H,14,15);2*1-2H3/b4-3+;;. The Balaban J connectivity index is 0. The van der Waals surface area contributed by atoms with Crippen LogP contribution in [0.1, 0.15) is 46.6 Å². The molecule has 0 saturated heterocycles. The van der Waals surface area contributed by atoms with Crippen molar-refractivity contribution < 1.29 is 18.3 Å². The van der Waals surface area contributed by atoms with Crippen molar-refractivity contribution in [3.63, 3.8) is 0 Å². The average Bonchev–Trinajstić information content (AvgIpc) is 2.51. The Bertz CT molecular complexity index is 528. The Labute approximate surface area is 134 Å². The van der Waals surface area contributed by atoms with Gasteiger partial charge in [0.15, 0.2) is 9.84 Å². The van der Waals surface area contributed by atoms with Gasteiger partial charge in [0, 0.05) is 0 Å². The van der Waals surface area contributed by atoms with Crippen molar-refractivity contribution in [2.24, 2.45) is 0 Å². The topological polar surface area (TPSA) is 71.4 Å². The monoisotopic (exact) mass is 328 g/mol. The summed E-state index contributed by atoms with van der Waals surface area (Å²) in [6.07, 6.45) is 4.12. The molecule has 0 fully saturated rings. The van der Waals surface area contributed by atoms with Crippen LogP contribution in [0.5, 0.6) is 0 Å². The second-order valence-corrected chi connectivity index (χ2v) is 5.91. The molecule has 22 heavy (non-hydrogen) atoms. The fourth-order valence-electron chi connectivity index (χ4n) is 1.45. The van der Waals surface area contributed by atoms with Crippen molar-refractivity contribution >= 4 is 15.8 Å². The van der Waals surface area contributed by atoms with E-state index in [2.05, 4.69) is 0 Å². The molecule has 0 aromatic heterocycles. The highest BCUT2D eigenvalue weighted by Crippen LogP contribution is 2.13. The number of hydrogen-bond acceptors (Lipinski definition) is 3. The van der Waals surface area contributed by atoms with Gasteiger partial charge < -0.3 is 5.11 Å². The third-order valence-electron chi connectivity index (χ3n) is 2.36. The van der Waals surface area contributed by atoms with Gasteiger partial charge in [-0.15, -0.1) is 0 Å². The minimum absolute atomic E-state index is 0.0287. The third-order valence-corrected chi connectivity index (χ3v) is 3.98. The molecule has 0 unspecified atom stereocenters. The van der Waals surface area contributed by atoms with Gasteiger partial charge in [0.05, 0.1) is 17.1 Å². The van der Waals surface area contributed by atoms with Gasteiger partial charge in [0.25, 0.3) is 0 Å². The second-order valence-electron chi connectivity index (χ2n) is 3.88. The first-order valence-electron chi connectivity index (χ1n) is 7.64. The van der Waals surface area contributed by atoms with Crippen molar-refractivity contribution in [3.05, 3.63) is 42.0 Å². The summed E-state index contributed by atoms with van der Waals surface area (Å²) in [5, 5.41) is 8.61. The molecule has 0 radical (unpaired) electrons. The van der Waals surface area contributed by atoms with Crippen LogP contribution in [0, 0.1) is 0 Å². The molecule has 5 heteroatoms. The Morgan fingerprint density at radius 3 is 1.95 bits per heavy atom. The number of carboxylic acid groups (broad SMARTS) is 1. The molecule has 4 nitrogen and oxygen atoms in total. The van der Waals surface area contributed by atoms with Crippen LogP contribution >= 0.6 is 0 Å². The largest absolute Gasteiger partial charge is 0.481 e. The molecule has 0 aliphatic heterocycles. The number of rotatable bonds is 6. The lowest BCUT2D eigenvalue weighted by Crippen LogP contribution is -2.05. The summed E-state index contributed by atoms with van der Waals surface area (Å²) in [6.45, 7) is 9.93. The molecule has 1 rings (SSSR count). The number of benzene rings is 1. The van der Waals surface area contributed by atoms with Gasteiger partial charge in [-0.2, -0.15) is 0 Å². The summed E-state index contributed by atoms with van der Waals surface area (Å²) in [5.41, 5.74) is 0.588. The van der Waals surface area contributed by atoms with Crippen LogP contribution in [-0.4, -0.2) is 25.2 Å². The third kappa shape index (κ3) is 9.34. The maximum Gasteiger partial charge on any atom is 0.307 e. The van der Waals surface area contributed by atoms with Crippen molar-refractivity contribution in [3.8, 4) is 0 Å². The first-order valence-corrected chi connectivity index (χ1v) is 9.29. The average molecular weight is 328 g/mol. The van der Waals surface area contributed by atoms with E-state index in [0.717, 1.165) is 6.42 Å². The van der Waals surface area contributed by atoms with Gasteiger partial charge in [0.2, 0.25) is 0 Å². The summed E-state index contributed by atoms with van der Waals surface area (Å²) in [5.74, 6) is -0.962. The minimum Gasteiger partial charge on any atom is -0.481 e.